The number of hydrogen-bond acceptors (Lipinski definition) is 5. The van der Waals surface area contributed by atoms with E-state index < -0.39 is 0 Å². The molecule has 17 heavy (non-hydrogen) atoms. The number of nitrogens with two attached hydrogens (primary N) is 1. The lowest BCUT2D eigenvalue weighted by atomic mass is 10.2. The molecule has 0 bridgehead atoms. The second kappa shape index (κ2) is 3.58. The zero-order chi connectivity index (χ0) is 11.8. The molecule has 0 aliphatic heterocycles. The molecule has 3 N–H and O–H groups in total. The zero-order valence-electron chi connectivity index (χ0n) is 9.27. The van der Waals surface area contributed by atoms with Crippen molar-refractivity contribution in [1.82, 2.24) is 20.2 Å². The van der Waals surface area contributed by atoms with Crippen LogP contribution in [0.15, 0.2) is 22.7 Å². The third-order valence-electron chi connectivity index (χ3n) is 2.64. The van der Waals surface area contributed by atoms with Crippen molar-refractivity contribution in [1.29, 1.82) is 0 Å². The van der Waals surface area contributed by atoms with Crippen LogP contribution >= 0.6 is 0 Å². The molecule has 0 spiro atoms. The first-order valence-electron chi connectivity index (χ1n) is 5.34. The molecule has 0 aliphatic rings. The molecule has 0 amide bonds. The molecule has 3 aromatic heterocycles. The number of aromatic nitrogens is 4. The van der Waals surface area contributed by atoms with Gasteiger partial charge < -0.3 is 15.1 Å². The fourth-order valence-electron chi connectivity index (χ4n) is 1.78. The molecule has 0 saturated carbocycles. The molecule has 3 heterocycles. The fraction of sp³-hybridized carbons (Fsp3) is 0.182. The van der Waals surface area contributed by atoms with E-state index in [2.05, 4.69) is 27.1 Å². The molecule has 6 heteroatoms. The minimum Gasteiger partial charge on any atom is -0.402 e. The Kier molecular flexibility index (Phi) is 2.07. The smallest absolute Gasteiger partial charge is 0.313 e. The lowest BCUT2D eigenvalue weighted by molar-refractivity contribution is 0.588. The molecule has 6 nitrogen and oxygen atoms in total. The Labute approximate surface area is 96.9 Å². The summed E-state index contributed by atoms with van der Waals surface area (Å²) in [6.45, 7) is 2.08. The van der Waals surface area contributed by atoms with E-state index in [-0.39, 0.29) is 6.01 Å². The predicted octanol–water partition coefficient (Wildman–Crippen LogP) is 1.76. The van der Waals surface area contributed by atoms with Gasteiger partial charge in [0.25, 0.3) is 5.89 Å². The predicted molar refractivity (Wildman–Crippen MR) is 63.2 cm³/mol. The van der Waals surface area contributed by atoms with E-state index in [1.165, 1.54) is 0 Å². The first-order chi connectivity index (χ1) is 8.28. The summed E-state index contributed by atoms with van der Waals surface area (Å²) in [5.74, 6) is 0.340. The number of rotatable bonds is 2. The number of fused-ring (bicyclic) bond motifs is 1. The van der Waals surface area contributed by atoms with Gasteiger partial charge in [0, 0.05) is 6.20 Å². The number of nitrogens with one attached hydrogen (secondary N) is 1. The molecule has 0 aromatic carbocycles. The monoisotopic (exact) mass is 229 g/mol. The summed E-state index contributed by atoms with van der Waals surface area (Å²) in [7, 11) is 0. The van der Waals surface area contributed by atoms with Gasteiger partial charge in [-0.25, -0.2) is 4.98 Å². The van der Waals surface area contributed by atoms with Crippen molar-refractivity contribution in [3.63, 3.8) is 0 Å². The van der Waals surface area contributed by atoms with Gasteiger partial charge >= 0.3 is 6.01 Å². The number of aryl methyl sites for hydroxylation is 1. The van der Waals surface area contributed by atoms with Gasteiger partial charge in [-0.2, -0.15) is 0 Å². The van der Waals surface area contributed by atoms with Gasteiger partial charge in [0.05, 0.1) is 11.0 Å². The second-order valence-corrected chi connectivity index (χ2v) is 3.71. The number of hydrogen-bond donors (Lipinski definition) is 2. The summed E-state index contributed by atoms with van der Waals surface area (Å²) >= 11 is 0. The van der Waals surface area contributed by atoms with Crippen molar-refractivity contribution in [3.05, 3.63) is 23.9 Å². The largest absolute Gasteiger partial charge is 0.402 e. The van der Waals surface area contributed by atoms with Gasteiger partial charge in [-0.05, 0) is 24.1 Å². The van der Waals surface area contributed by atoms with E-state index in [9.17, 15) is 0 Å². The molecular weight excluding hydrogens is 218 g/mol. The van der Waals surface area contributed by atoms with Crippen LogP contribution in [0.5, 0.6) is 0 Å². The molecule has 86 valence electrons. The maximum atomic E-state index is 5.39. The molecule has 3 aromatic rings. The summed E-state index contributed by atoms with van der Waals surface area (Å²) in [5, 5.41) is 7.43. The van der Waals surface area contributed by atoms with Crippen molar-refractivity contribution in [2.24, 2.45) is 0 Å². The van der Waals surface area contributed by atoms with Crippen LogP contribution < -0.4 is 5.73 Å². The van der Waals surface area contributed by atoms with Crippen molar-refractivity contribution >= 4 is 17.0 Å². The van der Waals surface area contributed by atoms with E-state index in [1.54, 1.807) is 0 Å². The van der Waals surface area contributed by atoms with Crippen LogP contribution in [-0.2, 0) is 6.42 Å². The normalized spacial score (nSPS) is 11.1. The lowest BCUT2D eigenvalue weighted by Crippen LogP contribution is -1.86. The average molecular weight is 229 g/mol. The van der Waals surface area contributed by atoms with Crippen LogP contribution in [0.3, 0.4) is 0 Å². The first kappa shape index (κ1) is 9.83. The highest BCUT2D eigenvalue weighted by Gasteiger charge is 2.10. The summed E-state index contributed by atoms with van der Waals surface area (Å²) in [6, 6.07) is 3.81. The summed E-state index contributed by atoms with van der Waals surface area (Å²) in [6.07, 6.45) is 2.88. The Bertz CT molecular complexity index is 669. The minimum atomic E-state index is 0.0479. The highest BCUT2D eigenvalue weighted by atomic mass is 16.4. The van der Waals surface area contributed by atoms with E-state index in [0.29, 0.717) is 11.6 Å². The van der Waals surface area contributed by atoms with Gasteiger partial charge in [-0.1, -0.05) is 12.0 Å². The SMILES string of the molecule is CCc1c[nH]c2ccc(-c3nnc(N)o3)nc12. The number of nitrogen functional groups attached to an aromatic ring is 1. The number of nitrogens with zero attached hydrogens (tertiary/aromatic N) is 3. The zero-order valence-corrected chi connectivity index (χ0v) is 9.27. The molecule has 0 aliphatic carbocycles. The van der Waals surface area contributed by atoms with E-state index in [0.717, 1.165) is 23.0 Å². The van der Waals surface area contributed by atoms with Crippen LogP contribution in [0.25, 0.3) is 22.6 Å². The lowest BCUT2D eigenvalue weighted by Gasteiger charge is -1.96. The van der Waals surface area contributed by atoms with Crippen molar-refractivity contribution < 1.29 is 4.42 Å². The number of aromatic amines is 1. The quantitative estimate of drug-likeness (QED) is 0.698. The third kappa shape index (κ3) is 1.54. The molecule has 0 radical (unpaired) electrons. The molecule has 0 fully saturated rings. The Morgan fingerprint density at radius 1 is 1.35 bits per heavy atom. The number of pyridine rings is 1. The van der Waals surface area contributed by atoms with Gasteiger partial charge in [0.15, 0.2) is 0 Å². The van der Waals surface area contributed by atoms with E-state index >= 15 is 0 Å². The third-order valence-corrected chi connectivity index (χ3v) is 2.64. The Balaban J connectivity index is 2.18. The van der Waals surface area contributed by atoms with Crippen molar-refractivity contribution in [2.75, 3.05) is 5.73 Å². The maximum Gasteiger partial charge on any atom is 0.313 e. The van der Waals surface area contributed by atoms with Crippen molar-refractivity contribution in [3.8, 4) is 11.6 Å². The summed E-state index contributed by atoms with van der Waals surface area (Å²) in [4.78, 5) is 7.68. The van der Waals surface area contributed by atoms with Crippen LogP contribution in [-0.4, -0.2) is 20.2 Å². The topological polar surface area (TPSA) is 93.6 Å². The summed E-state index contributed by atoms with van der Waals surface area (Å²) < 4.78 is 5.15. The molecule has 0 saturated heterocycles. The average Bonchev–Trinajstić information content (AvgIpc) is 2.94. The Morgan fingerprint density at radius 2 is 2.24 bits per heavy atom. The molecular formula is C11H11N5O. The number of anilines is 1. The van der Waals surface area contributed by atoms with Gasteiger partial charge in [-0.3, -0.25) is 0 Å². The van der Waals surface area contributed by atoms with E-state index in [4.69, 9.17) is 10.2 Å². The van der Waals surface area contributed by atoms with Gasteiger partial charge in [-0.15, -0.1) is 5.10 Å². The Morgan fingerprint density at radius 3 is 2.94 bits per heavy atom. The molecule has 0 atom stereocenters. The van der Waals surface area contributed by atoms with Crippen LogP contribution in [0.2, 0.25) is 0 Å². The highest BCUT2D eigenvalue weighted by Crippen LogP contribution is 2.22. The van der Waals surface area contributed by atoms with Crippen LogP contribution in [0.1, 0.15) is 12.5 Å². The Hall–Kier alpha value is -2.37. The van der Waals surface area contributed by atoms with Crippen LogP contribution in [0, 0.1) is 0 Å². The maximum absolute atomic E-state index is 5.39. The standard InChI is InChI=1S/C11H11N5O/c1-2-6-5-13-7-3-4-8(14-9(6)7)10-15-16-11(12)17-10/h3-5,13H,2H2,1H3,(H2,12,16). The highest BCUT2D eigenvalue weighted by molar-refractivity contribution is 5.81. The number of H-pyrrole nitrogens is 1. The molecule has 3 rings (SSSR count). The summed E-state index contributed by atoms with van der Waals surface area (Å²) in [5.41, 5.74) is 9.12. The minimum absolute atomic E-state index is 0.0479. The van der Waals surface area contributed by atoms with E-state index in [1.807, 2.05) is 18.3 Å². The van der Waals surface area contributed by atoms with Crippen molar-refractivity contribution in [2.45, 2.75) is 13.3 Å². The second-order valence-electron chi connectivity index (χ2n) is 3.71. The fourth-order valence-corrected chi connectivity index (χ4v) is 1.78. The molecule has 0 unspecified atom stereocenters. The van der Waals surface area contributed by atoms with Crippen LogP contribution in [0.4, 0.5) is 6.01 Å². The van der Waals surface area contributed by atoms with Gasteiger partial charge in [0.1, 0.15) is 5.69 Å². The van der Waals surface area contributed by atoms with Gasteiger partial charge in [0.2, 0.25) is 0 Å². The first-order valence-corrected chi connectivity index (χ1v) is 5.34.